The maximum atomic E-state index is 12.2. The Hall–Kier alpha value is -0.660. The van der Waals surface area contributed by atoms with Crippen LogP contribution < -0.4 is 5.73 Å². The van der Waals surface area contributed by atoms with Crippen molar-refractivity contribution in [3.05, 3.63) is 0 Å². The third-order valence-corrected chi connectivity index (χ3v) is 6.13. The maximum absolute atomic E-state index is 12.2. The average molecular weight is 289 g/mol. The van der Waals surface area contributed by atoms with Crippen LogP contribution in [0.5, 0.6) is 0 Å². The first-order valence-corrected chi connectivity index (χ1v) is 8.56. The second kappa shape index (κ2) is 5.38. The fourth-order valence-corrected chi connectivity index (χ4v) is 4.14. The molecule has 0 aromatic carbocycles. The molecule has 6 nitrogen and oxygen atoms in total. The number of rotatable bonds is 4. The standard InChI is InChI=1S/C12H23N3O3S/c1-2-10-19(17,18)15-8-6-14(7-9-15)11(16)12(13)4-3-5-12/h2-10,13H2,1H3. The Balaban J connectivity index is 1.91. The van der Waals surface area contributed by atoms with Gasteiger partial charge in [0, 0.05) is 26.2 Å². The second-order valence-corrected chi connectivity index (χ2v) is 7.61. The Morgan fingerprint density at radius 3 is 2.21 bits per heavy atom. The van der Waals surface area contributed by atoms with Crippen molar-refractivity contribution in [2.45, 2.75) is 38.1 Å². The van der Waals surface area contributed by atoms with Crippen LogP contribution in [0, 0.1) is 0 Å². The molecule has 1 amide bonds. The number of amides is 1. The second-order valence-electron chi connectivity index (χ2n) is 5.52. The molecule has 0 spiro atoms. The molecule has 0 aromatic heterocycles. The summed E-state index contributed by atoms with van der Waals surface area (Å²) in [5.74, 6) is 0.174. The van der Waals surface area contributed by atoms with Crippen molar-refractivity contribution in [3.63, 3.8) is 0 Å². The third-order valence-electron chi connectivity index (χ3n) is 4.05. The zero-order valence-corrected chi connectivity index (χ0v) is 12.3. The van der Waals surface area contributed by atoms with Crippen LogP contribution in [0.2, 0.25) is 0 Å². The number of hydrogen-bond acceptors (Lipinski definition) is 4. The van der Waals surface area contributed by atoms with E-state index in [1.54, 1.807) is 4.90 Å². The number of piperazine rings is 1. The van der Waals surface area contributed by atoms with E-state index >= 15 is 0 Å². The van der Waals surface area contributed by atoms with Gasteiger partial charge < -0.3 is 10.6 Å². The molecule has 1 saturated carbocycles. The molecule has 2 aliphatic rings. The molecule has 1 aliphatic heterocycles. The van der Waals surface area contributed by atoms with Crippen molar-refractivity contribution in [1.82, 2.24) is 9.21 Å². The first-order chi connectivity index (χ1) is 8.89. The molecule has 0 bridgehead atoms. The molecule has 19 heavy (non-hydrogen) atoms. The Labute approximate surface area is 115 Å². The third kappa shape index (κ3) is 2.93. The lowest BCUT2D eigenvalue weighted by Gasteiger charge is -2.43. The van der Waals surface area contributed by atoms with Crippen molar-refractivity contribution in [3.8, 4) is 0 Å². The fraction of sp³-hybridized carbons (Fsp3) is 0.917. The minimum atomic E-state index is -3.15. The highest BCUT2D eigenvalue weighted by molar-refractivity contribution is 7.89. The van der Waals surface area contributed by atoms with Crippen molar-refractivity contribution in [2.75, 3.05) is 31.9 Å². The normalized spacial score (nSPS) is 24.0. The molecule has 0 aromatic rings. The molecular weight excluding hydrogens is 266 g/mol. The van der Waals surface area contributed by atoms with Crippen LogP contribution in [-0.2, 0) is 14.8 Å². The Bertz CT molecular complexity index is 437. The minimum absolute atomic E-state index is 0.00807. The predicted octanol–water partition coefficient (Wildman–Crippen LogP) is -0.248. The first-order valence-electron chi connectivity index (χ1n) is 6.95. The summed E-state index contributed by atoms with van der Waals surface area (Å²) >= 11 is 0. The summed E-state index contributed by atoms with van der Waals surface area (Å²) in [6.07, 6.45) is 3.13. The number of nitrogens with two attached hydrogens (primary N) is 1. The molecule has 1 saturated heterocycles. The molecule has 110 valence electrons. The zero-order valence-electron chi connectivity index (χ0n) is 11.5. The van der Waals surface area contributed by atoms with Crippen molar-refractivity contribution < 1.29 is 13.2 Å². The summed E-state index contributed by atoms with van der Waals surface area (Å²) in [4.78, 5) is 13.9. The summed E-state index contributed by atoms with van der Waals surface area (Å²) in [6, 6.07) is 0. The van der Waals surface area contributed by atoms with E-state index < -0.39 is 15.6 Å². The largest absolute Gasteiger partial charge is 0.338 e. The molecule has 2 N–H and O–H groups in total. The Morgan fingerprint density at radius 2 is 1.79 bits per heavy atom. The van der Waals surface area contributed by atoms with Crippen LogP contribution in [-0.4, -0.2) is 61.0 Å². The lowest BCUT2D eigenvalue weighted by molar-refractivity contribution is -0.141. The highest BCUT2D eigenvalue weighted by Gasteiger charge is 2.43. The summed E-state index contributed by atoms with van der Waals surface area (Å²) in [6.45, 7) is 3.56. The summed E-state index contributed by atoms with van der Waals surface area (Å²) in [7, 11) is -3.15. The molecular formula is C12H23N3O3S. The van der Waals surface area contributed by atoms with Gasteiger partial charge in [0.05, 0.1) is 11.3 Å². The van der Waals surface area contributed by atoms with Crippen molar-refractivity contribution in [1.29, 1.82) is 0 Å². The van der Waals surface area contributed by atoms with Gasteiger partial charge in [-0.1, -0.05) is 6.92 Å². The van der Waals surface area contributed by atoms with Crippen LogP contribution in [0.15, 0.2) is 0 Å². The molecule has 2 fully saturated rings. The monoisotopic (exact) mass is 289 g/mol. The van der Waals surface area contributed by atoms with E-state index in [1.165, 1.54) is 4.31 Å². The van der Waals surface area contributed by atoms with Crippen LogP contribution in [0.25, 0.3) is 0 Å². The molecule has 2 rings (SSSR count). The van der Waals surface area contributed by atoms with E-state index in [9.17, 15) is 13.2 Å². The predicted molar refractivity (Wildman–Crippen MR) is 73.0 cm³/mol. The highest BCUT2D eigenvalue weighted by atomic mass is 32.2. The lowest BCUT2D eigenvalue weighted by atomic mass is 9.76. The fourth-order valence-electron chi connectivity index (χ4n) is 2.64. The summed E-state index contributed by atoms with van der Waals surface area (Å²) in [5.41, 5.74) is 5.35. The Kier molecular flexibility index (Phi) is 4.17. The molecule has 0 atom stereocenters. The van der Waals surface area contributed by atoms with Gasteiger partial charge in [0.15, 0.2) is 0 Å². The number of nitrogens with zero attached hydrogens (tertiary/aromatic N) is 2. The van der Waals surface area contributed by atoms with E-state index in [-0.39, 0.29) is 11.7 Å². The van der Waals surface area contributed by atoms with Crippen molar-refractivity contribution >= 4 is 15.9 Å². The Morgan fingerprint density at radius 1 is 1.21 bits per heavy atom. The van der Waals surface area contributed by atoms with Gasteiger partial charge in [-0.25, -0.2) is 8.42 Å². The van der Waals surface area contributed by atoms with Gasteiger partial charge in [-0.15, -0.1) is 0 Å². The van der Waals surface area contributed by atoms with E-state index in [0.29, 0.717) is 32.6 Å². The number of sulfonamides is 1. The van der Waals surface area contributed by atoms with E-state index in [1.807, 2.05) is 6.92 Å². The van der Waals surface area contributed by atoms with Crippen LogP contribution in [0.1, 0.15) is 32.6 Å². The number of carbonyl (C=O) groups excluding carboxylic acids is 1. The lowest BCUT2D eigenvalue weighted by Crippen LogP contribution is -2.62. The quantitative estimate of drug-likeness (QED) is 0.773. The van der Waals surface area contributed by atoms with Gasteiger partial charge in [-0.05, 0) is 25.7 Å². The van der Waals surface area contributed by atoms with E-state index in [4.69, 9.17) is 5.73 Å². The van der Waals surface area contributed by atoms with Gasteiger partial charge in [0.1, 0.15) is 0 Å². The van der Waals surface area contributed by atoms with Gasteiger partial charge in [-0.2, -0.15) is 4.31 Å². The van der Waals surface area contributed by atoms with Gasteiger partial charge in [-0.3, -0.25) is 4.79 Å². The van der Waals surface area contributed by atoms with Crippen molar-refractivity contribution in [2.24, 2.45) is 5.73 Å². The minimum Gasteiger partial charge on any atom is -0.338 e. The van der Waals surface area contributed by atoms with Gasteiger partial charge in [0.25, 0.3) is 0 Å². The molecule has 7 heteroatoms. The van der Waals surface area contributed by atoms with Gasteiger partial charge in [0.2, 0.25) is 15.9 Å². The maximum Gasteiger partial charge on any atom is 0.242 e. The van der Waals surface area contributed by atoms with Crippen LogP contribution >= 0.6 is 0 Å². The topological polar surface area (TPSA) is 83.7 Å². The summed E-state index contributed by atoms with van der Waals surface area (Å²) < 4.78 is 25.3. The van der Waals surface area contributed by atoms with E-state index in [0.717, 1.165) is 19.3 Å². The molecule has 1 heterocycles. The van der Waals surface area contributed by atoms with Gasteiger partial charge >= 0.3 is 0 Å². The van der Waals surface area contributed by atoms with Crippen LogP contribution in [0.3, 0.4) is 0 Å². The molecule has 1 aliphatic carbocycles. The smallest absolute Gasteiger partial charge is 0.242 e. The zero-order chi connectivity index (χ0) is 14.1. The number of carbonyl (C=O) groups is 1. The highest BCUT2D eigenvalue weighted by Crippen LogP contribution is 2.31. The molecule has 0 radical (unpaired) electrons. The first kappa shape index (κ1) is 14.7. The van der Waals surface area contributed by atoms with Crippen LogP contribution in [0.4, 0.5) is 0 Å². The SMILES string of the molecule is CCCS(=O)(=O)N1CCN(C(=O)C2(N)CCC2)CC1. The summed E-state index contributed by atoms with van der Waals surface area (Å²) in [5, 5.41) is 0. The van der Waals surface area contributed by atoms with E-state index in [2.05, 4.69) is 0 Å². The molecule has 0 unspecified atom stereocenters. The number of hydrogen-bond donors (Lipinski definition) is 1. The average Bonchev–Trinajstić information content (AvgIpc) is 2.35.